The molecule has 2 amide bonds. The van der Waals surface area contributed by atoms with E-state index in [-0.39, 0.29) is 41.7 Å². The van der Waals surface area contributed by atoms with E-state index in [1.807, 2.05) is 14.0 Å². The van der Waals surface area contributed by atoms with Crippen molar-refractivity contribution in [1.29, 1.82) is 0 Å². The number of aliphatic hydroxyl groups excluding tert-OH is 2. The molecular weight excluding hydrogens is 391 g/mol. The lowest BCUT2D eigenvalue weighted by atomic mass is 9.97. The Morgan fingerprint density at radius 3 is 2.70 bits per heavy atom. The number of likely N-dealkylation sites (N-methyl/N-ethyl adjacent to an activating group) is 1. The lowest BCUT2D eigenvalue weighted by molar-refractivity contribution is -0.148. The minimum Gasteiger partial charge on any atom is -0.507 e. The number of hydrogen-bond acceptors (Lipinski definition) is 6. The second-order valence-corrected chi connectivity index (χ2v) is 7.99. The van der Waals surface area contributed by atoms with Crippen LogP contribution >= 0.6 is 0 Å². The summed E-state index contributed by atoms with van der Waals surface area (Å²) in [6, 6.07) is 5.71. The Labute approximate surface area is 173 Å². The topological polar surface area (TPSA) is 96.4 Å². The Balaban J connectivity index is 1.55. The molecule has 3 atom stereocenters. The Hall–Kier alpha value is -2.91. The van der Waals surface area contributed by atoms with Crippen molar-refractivity contribution < 1.29 is 24.2 Å². The van der Waals surface area contributed by atoms with Crippen LogP contribution in [0.5, 0.6) is 0 Å². The number of amides is 2. The number of piperazine rings is 1. The Morgan fingerprint density at radius 2 is 2.00 bits per heavy atom. The van der Waals surface area contributed by atoms with Crippen molar-refractivity contribution in [3.05, 3.63) is 58.9 Å². The molecule has 0 aliphatic carbocycles. The molecule has 0 bridgehead atoms. The van der Waals surface area contributed by atoms with E-state index < -0.39 is 17.8 Å². The van der Waals surface area contributed by atoms with Crippen LogP contribution in [-0.4, -0.2) is 75.2 Å². The van der Waals surface area contributed by atoms with E-state index in [4.69, 9.17) is 0 Å². The normalized spacial score (nSPS) is 26.9. The lowest BCUT2D eigenvalue weighted by Crippen LogP contribution is -2.66. The van der Waals surface area contributed by atoms with Gasteiger partial charge in [0.15, 0.2) is 5.76 Å². The zero-order chi connectivity index (χ0) is 21.6. The fraction of sp³-hybridized carbons (Fsp3) is 0.429. The molecule has 2 fully saturated rings. The summed E-state index contributed by atoms with van der Waals surface area (Å²) in [4.78, 5) is 31.1. The first-order valence-electron chi connectivity index (χ1n) is 9.93. The fourth-order valence-corrected chi connectivity index (χ4v) is 4.22. The van der Waals surface area contributed by atoms with Gasteiger partial charge in [-0.3, -0.25) is 14.5 Å². The van der Waals surface area contributed by atoms with E-state index in [1.54, 1.807) is 21.9 Å². The Kier molecular flexibility index (Phi) is 5.25. The molecule has 0 saturated carbocycles. The number of fused-ring (bicyclic) bond motifs is 2. The maximum atomic E-state index is 13.1. The molecule has 1 aromatic rings. The number of carbonyl (C=O) groups excluding carboxylic acids is 2. The van der Waals surface area contributed by atoms with E-state index in [2.05, 4.69) is 10.2 Å². The standard InChI is InChI=1S/C21H25FN4O4/c1-12-7-8-24(2)16-11-25-10-15(18(27)19(28)17(25)21(30)26(12)16)20(29)23-9-13-3-5-14(22)6-4-13/h3-6,10,12,16,18,27-28H,7-9,11H2,1-2H3,(H,23,29)/t12-,16-,18?/m0/s1. The predicted octanol–water partition coefficient (Wildman–Crippen LogP) is 0.664. The van der Waals surface area contributed by atoms with Gasteiger partial charge in [0, 0.05) is 25.3 Å². The van der Waals surface area contributed by atoms with E-state index in [0.29, 0.717) is 12.1 Å². The van der Waals surface area contributed by atoms with Crippen molar-refractivity contribution in [3.63, 3.8) is 0 Å². The molecule has 0 radical (unpaired) electrons. The van der Waals surface area contributed by atoms with Gasteiger partial charge in [0.1, 0.15) is 23.8 Å². The number of halogens is 1. The molecule has 2 saturated heterocycles. The first-order valence-corrected chi connectivity index (χ1v) is 9.93. The average molecular weight is 416 g/mol. The molecule has 0 aromatic heterocycles. The number of rotatable bonds is 3. The van der Waals surface area contributed by atoms with E-state index in [1.165, 1.54) is 18.3 Å². The number of carbonyl (C=O) groups is 2. The second-order valence-electron chi connectivity index (χ2n) is 7.99. The number of nitrogens with one attached hydrogen (secondary N) is 1. The van der Waals surface area contributed by atoms with Gasteiger partial charge in [0.25, 0.3) is 11.8 Å². The highest BCUT2D eigenvalue weighted by molar-refractivity contribution is 5.99. The van der Waals surface area contributed by atoms with Crippen LogP contribution in [-0.2, 0) is 16.1 Å². The highest BCUT2D eigenvalue weighted by atomic mass is 19.1. The minimum atomic E-state index is -1.59. The smallest absolute Gasteiger partial charge is 0.275 e. The van der Waals surface area contributed by atoms with Crippen LogP contribution in [0, 0.1) is 5.82 Å². The summed E-state index contributed by atoms with van der Waals surface area (Å²) < 4.78 is 13.0. The van der Waals surface area contributed by atoms with Gasteiger partial charge in [0.2, 0.25) is 0 Å². The maximum Gasteiger partial charge on any atom is 0.275 e. The van der Waals surface area contributed by atoms with Crippen molar-refractivity contribution in [1.82, 2.24) is 20.0 Å². The van der Waals surface area contributed by atoms with Gasteiger partial charge in [-0.05, 0) is 38.1 Å². The third-order valence-corrected chi connectivity index (χ3v) is 6.01. The molecule has 3 heterocycles. The molecular formula is C21H25FN4O4. The third kappa shape index (κ3) is 3.44. The zero-order valence-corrected chi connectivity index (χ0v) is 16.9. The van der Waals surface area contributed by atoms with Crippen LogP contribution < -0.4 is 5.32 Å². The molecule has 30 heavy (non-hydrogen) atoms. The lowest BCUT2D eigenvalue weighted by Gasteiger charge is -2.52. The second kappa shape index (κ2) is 7.73. The van der Waals surface area contributed by atoms with E-state index in [9.17, 15) is 24.2 Å². The van der Waals surface area contributed by atoms with Crippen molar-refractivity contribution in [3.8, 4) is 0 Å². The number of hydrogen-bond donors (Lipinski definition) is 3. The zero-order valence-electron chi connectivity index (χ0n) is 16.9. The van der Waals surface area contributed by atoms with Gasteiger partial charge >= 0.3 is 0 Å². The number of benzene rings is 1. The summed E-state index contributed by atoms with van der Waals surface area (Å²) >= 11 is 0. The van der Waals surface area contributed by atoms with Gasteiger partial charge in [-0.2, -0.15) is 0 Å². The van der Waals surface area contributed by atoms with Crippen molar-refractivity contribution in [2.24, 2.45) is 0 Å². The summed E-state index contributed by atoms with van der Waals surface area (Å²) in [6.07, 6.45) is 0.472. The summed E-state index contributed by atoms with van der Waals surface area (Å²) in [5.74, 6) is -1.82. The highest BCUT2D eigenvalue weighted by Gasteiger charge is 2.47. The Morgan fingerprint density at radius 1 is 1.30 bits per heavy atom. The van der Waals surface area contributed by atoms with Crippen LogP contribution in [0.4, 0.5) is 4.39 Å². The first-order chi connectivity index (χ1) is 14.3. The number of aliphatic hydroxyl groups is 2. The molecule has 0 spiro atoms. The first kappa shape index (κ1) is 20.4. The van der Waals surface area contributed by atoms with Crippen molar-refractivity contribution >= 4 is 11.8 Å². The van der Waals surface area contributed by atoms with Gasteiger partial charge in [-0.15, -0.1) is 0 Å². The van der Waals surface area contributed by atoms with E-state index >= 15 is 0 Å². The average Bonchev–Trinajstić information content (AvgIpc) is 2.72. The summed E-state index contributed by atoms with van der Waals surface area (Å²) in [6.45, 7) is 3.32. The number of nitrogens with zero attached hydrogens (tertiary/aromatic N) is 3. The summed E-state index contributed by atoms with van der Waals surface area (Å²) in [5.41, 5.74) is 0.653. The molecule has 3 aliphatic heterocycles. The maximum absolute atomic E-state index is 13.1. The minimum absolute atomic E-state index is 0.0102. The van der Waals surface area contributed by atoms with Gasteiger partial charge < -0.3 is 25.3 Å². The van der Waals surface area contributed by atoms with Crippen LogP contribution in [0.3, 0.4) is 0 Å². The summed E-state index contributed by atoms with van der Waals surface area (Å²) in [7, 11) is 1.93. The summed E-state index contributed by atoms with van der Waals surface area (Å²) in [5, 5.41) is 23.8. The molecule has 3 aliphatic rings. The van der Waals surface area contributed by atoms with Crippen molar-refractivity contribution in [2.75, 3.05) is 20.1 Å². The fourth-order valence-electron chi connectivity index (χ4n) is 4.22. The van der Waals surface area contributed by atoms with Crippen LogP contribution in [0.25, 0.3) is 0 Å². The monoisotopic (exact) mass is 416 g/mol. The quantitative estimate of drug-likeness (QED) is 0.670. The van der Waals surface area contributed by atoms with Crippen molar-refractivity contribution in [2.45, 2.75) is 38.2 Å². The molecule has 1 aromatic carbocycles. The molecule has 3 N–H and O–H groups in total. The molecule has 4 rings (SSSR count). The molecule has 8 nitrogen and oxygen atoms in total. The predicted molar refractivity (Wildman–Crippen MR) is 106 cm³/mol. The highest BCUT2D eigenvalue weighted by Crippen LogP contribution is 2.34. The van der Waals surface area contributed by atoms with Crippen LogP contribution in [0.15, 0.2) is 47.5 Å². The van der Waals surface area contributed by atoms with Gasteiger partial charge in [-0.1, -0.05) is 12.1 Å². The Bertz CT molecular complexity index is 929. The van der Waals surface area contributed by atoms with Gasteiger partial charge in [0.05, 0.1) is 12.1 Å². The molecule has 160 valence electrons. The van der Waals surface area contributed by atoms with E-state index in [0.717, 1.165) is 13.0 Å². The van der Waals surface area contributed by atoms with Crippen LogP contribution in [0.2, 0.25) is 0 Å². The third-order valence-electron chi connectivity index (χ3n) is 6.01. The molecule has 9 heteroatoms. The van der Waals surface area contributed by atoms with Gasteiger partial charge in [-0.25, -0.2) is 4.39 Å². The SMILES string of the molecule is C[C@H]1CCN(C)[C@@H]2CN3C=C(C(=O)NCc4ccc(F)cc4)C(O)C(O)=C3C(=O)N12. The van der Waals surface area contributed by atoms with Crippen LogP contribution in [0.1, 0.15) is 18.9 Å². The largest absolute Gasteiger partial charge is 0.507 e. The molecule has 1 unspecified atom stereocenters.